The van der Waals surface area contributed by atoms with Crippen LogP contribution in [0.25, 0.3) is 41.8 Å². The summed E-state index contributed by atoms with van der Waals surface area (Å²) in [6.07, 6.45) is -6.42. The second-order valence-electron chi connectivity index (χ2n) is 14.6. The Kier molecular flexibility index (Phi) is 22.6. The number of aliphatic hydroxyl groups excluding tert-OH is 5. The monoisotopic (exact) mass is 812 g/mol. The molecular formula is C34H60N12O11. The summed E-state index contributed by atoms with van der Waals surface area (Å²) in [6.45, 7) is 4.54. The molecule has 23 nitrogen and oxygen atoms in total. The van der Waals surface area contributed by atoms with Crippen LogP contribution in [0.2, 0.25) is 0 Å². The minimum absolute atomic E-state index is 0.0139. The van der Waals surface area contributed by atoms with Crippen molar-refractivity contribution >= 4 is 0 Å². The van der Waals surface area contributed by atoms with E-state index in [2.05, 4.69) is 54.0 Å². The number of aliphatic hydroxyl groups is 5. The van der Waals surface area contributed by atoms with Crippen LogP contribution in [-0.2, 0) is 28.4 Å². The molecule has 15 atom stereocenters. The van der Waals surface area contributed by atoms with Crippen molar-refractivity contribution in [2.75, 3.05) is 26.4 Å². The van der Waals surface area contributed by atoms with Crippen LogP contribution in [0.4, 0.5) is 0 Å². The van der Waals surface area contributed by atoms with E-state index in [1.54, 1.807) is 0 Å². The predicted molar refractivity (Wildman–Crippen MR) is 202 cm³/mol. The largest absolute Gasteiger partial charge is 0.388 e. The summed E-state index contributed by atoms with van der Waals surface area (Å²) in [5.74, 6) is 0. The Morgan fingerprint density at radius 1 is 0.561 bits per heavy atom. The van der Waals surface area contributed by atoms with Crippen LogP contribution in [0, 0.1) is 0 Å². The number of rotatable bonds is 26. The van der Waals surface area contributed by atoms with Gasteiger partial charge in [0, 0.05) is 32.9 Å². The molecule has 0 aromatic rings. The molecule has 3 rings (SSSR count). The molecule has 0 spiro atoms. The van der Waals surface area contributed by atoms with E-state index in [-0.39, 0.29) is 13.0 Å². The quantitative estimate of drug-likeness (QED) is 0.0339. The number of azide groups is 4. The van der Waals surface area contributed by atoms with Crippen molar-refractivity contribution in [1.29, 1.82) is 0 Å². The number of hydrogen-bond acceptors (Lipinski definition) is 15. The van der Waals surface area contributed by atoms with Gasteiger partial charge in [-0.1, -0.05) is 98.5 Å². The Morgan fingerprint density at radius 3 is 1.65 bits per heavy atom. The lowest BCUT2D eigenvalue weighted by atomic mass is 9.84. The first-order valence-corrected chi connectivity index (χ1v) is 20.0. The number of unbranched alkanes of at least 4 members (excludes halogenated alkanes) is 10. The molecule has 2 saturated heterocycles. The Morgan fingerprint density at radius 2 is 1.09 bits per heavy atom. The van der Waals surface area contributed by atoms with Crippen LogP contribution in [0.15, 0.2) is 20.5 Å². The predicted octanol–water partition coefficient (Wildman–Crippen LogP) is 4.88. The van der Waals surface area contributed by atoms with Gasteiger partial charge in [0.15, 0.2) is 12.6 Å². The maximum atomic E-state index is 11.8. The first-order valence-electron chi connectivity index (χ1n) is 20.0. The van der Waals surface area contributed by atoms with Gasteiger partial charge in [-0.3, -0.25) is 0 Å². The second-order valence-corrected chi connectivity index (χ2v) is 14.6. The lowest BCUT2D eigenvalue weighted by molar-refractivity contribution is -0.333. The zero-order valence-electron chi connectivity index (χ0n) is 32.7. The highest BCUT2D eigenvalue weighted by Crippen LogP contribution is 2.36. The van der Waals surface area contributed by atoms with Crippen LogP contribution in [0.5, 0.6) is 0 Å². The van der Waals surface area contributed by atoms with Gasteiger partial charge in [0.05, 0.1) is 55.7 Å². The maximum Gasteiger partial charge on any atom is 0.186 e. The van der Waals surface area contributed by atoms with Gasteiger partial charge in [-0.05, 0) is 41.4 Å². The molecule has 3 fully saturated rings. The maximum absolute atomic E-state index is 11.8. The summed E-state index contributed by atoms with van der Waals surface area (Å²) in [5.41, 5.74) is 37.1. The zero-order chi connectivity index (χ0) is 41.6. The van der Waals surface area contributed by atoms with E-state index in [4.69, 9.17) is 34.0 Å². The number of nitrogens with zero attached hydrogens (tertiary/aromatic N) is 12. The lowest BCUT2D eigenvalue weighted by Gasteiger charge is -2.48. The molecule has 0 radical (unpaired) electrons. The second kappa shape index (κ2) is 26.7. The van der Waals surface area contributed by atoms with Gasteiger partial charge in [-0.2, -0.15) is 0 Å². The fourth-order valence-electron chi connectivity index (χ4n) is 7.30. The van der Waals surface area contributed by atoms with Crippen molar-refractivity contribution in [3.8, 4) is 0 Å². The lowest BCUT2D eigenvalue weighted by Crippen LogP contribution is -2.65. The van der Waals surface area contributed by atoms with E-state index < -0.39 is 98.3 Å². The van der Waals surface area contributed by atoms with Gasteiger partial charge < -0.3 is 54.0 Å². The van der Waals surface area contributed by atoms with Crippen molar-refractivity contribution < 1.29 is 54.0 Å². The van der Waals surface area contributed by atoms with Crippen LogP contribution in [0.1, 0.15) is 97.3 Å². The van der Waals surface area contributed by atoms with E-state index in [0.29, 0.717) is 13.2 Å². The van der Waals surface area contributed by atoms with E-state index in [0.717, 1.165) is 77.0 Å². The summed E-state index contributed by atoms with van der Waals surface area (Å²) >= 11 is 0. The van der Waals surface area contributed by atoms with E-state index in [9.17, 15) is 42.1 Å². The molecule has 0 aromatic heterocycles. The Bertz CT molecular complexity index is 1370. The van der Waals surface area contributed by atoms with Gasteiger partial charge >= 0.3 is 0 Å². The fraction of sp³-hybridized carbons (Fsp3) is 1.00. The minimum atomic E-state index is -1.88. The van der Waals surface area contributed by atoms with Crippen LogP contribution in [-0.4, -0.2) is 144 Å². The van der Waals surface area contributed by atoms with Crippen molar-refractivity contribution in [2.45, 2.75) is 189 Å². The third-order valence-electron chi connectivity index (χ3n) is 10.4. The molecule has 5 N–H and O–H groups in total. The smallest absolute Gasteiger partial charge is 0.186 e. The summed E-state index contributed by atoms with van der Waals surface area (Å²) < 4.78 is 36.1. The summed E-state index contributed by atoms with van der Waals surface area (Å²) in [6, 6.07) is -3.72. The molecule has 2 aliphatic heterocycles. The highest BCUT2D eigenvalue weighted by Gasteiger charge is 2.53. The minimum Gasteiger partial charge on any atom is -0.388 e. The summed E-state index contributed by atoms with van der Waals surface area (Å²) in [7, 11) is 0. The molecule has 2 heterocycles. The summed E-state index contributed by atoms with van der Waals surface area (Å²) in [5, 5.41) is 69.6. The molecule has 0 unspecified atom stereocenters. The first-order chi connectivity index (χ1) is 27.7. The topological polar surface area (TPSA) is 352 Å². The molecule has 0 amide bonds. The average molecular weight is 813 g/mol. The molecule has 23 heteroatoms. The standard InChI is InChI=1S/C34H60N12O11/c1-3-5-7-9-11-13-15-52-19-23-32(53-16-14-12-10-8-6-4-2)24(42-46-38)26(48)33(55-23)56-30-20(40-44-36)17-21(41-45-37)31(29(30)51)57-34-28(50)27(49)25(47)22(54-34)18-39-43-35/h20-34,47-51H,3-19H2,1-2H3/t20-,21+,22-,23-,24-,25-,26-,27+,28-,29-,30+,31-,32-,33-,34-/m1/s1. The van der Waals surface area contributed by atoms with E-state index in [1.165, 1.54) is 0 Å². The molecule has 0 bridgehead atoms. The van der Waals surface area contributed by atoms with Gasteiger partial charge in [0.25, 0.3) is 0 Å². The van der Waals surface area contributed by atoms with Crippen LogP contribution >= 0.6 is 0 Å². The SMILES string of the molecule is CCCCCCCCOC[C@H]1O[C@H](O[C@@H]2[C@@H](O)[C@H](O[C@H]3O[C@H](CN=[N+]=[N-])[C@@H](O)[C@H](O)[C@H]3O)[C@@H](N=[N+]=[N-])C[C@H]2N=[N+]=[N-])[C@H](O)[C@@H](N=[N+]=[N-])[C@@H]1OCCCCCCCC. The van der Waals surface area contributed by atoms with Crippen LogP contribution < -0.4 is 0 Å². The van der Waals surface area contributed by atoms with Crippen LogP contribution in [0.3, 0.4) is 0 Å². The fourth-order valence-corrected chi connectivity index (χ4v) is 7.30. The molecular weight excluding hydrogens is 752 g/mol. The Hall–Kier alpha value is -3.20. The van der Waals surface area contributed by atoms with Gasteiger partial charge in [0.2, 0.25) is 0 Å². The first kappa shape index (κ1) is 48.2. The van der Waals surface area contributed by atoms with Crippen molar-refractivity contribution in [2.24, 2.45) is 20.5 Å². The molecule has 1 saturated carbocycles. The third-order valence-corrected chi connectivity index (χ3v) is 10.4. The Labute approximate surface area is 331 Å². The summed E-state index contributed by atoms with van der Waals surface area (Å²) in [4.78, 5) is 11.2. The molecule has 0 aromatic carbocycles. The average Bonchev–Trinajstić information content (AvgIpc) is 3.20. The van der Waals surface area contributed by atoms with E-state index >= 15 is 0 Å². The Balaban J connectivity index is 1.86. The molecule has 3 aliphatic rings. The molecule has 322 valence electrons. The highest BCUT2D eigenvalue weighted by molar-refractivity contribution is 5.04. The van der Waals surface area contributed by atoms with E-state index in [1.807, 2.05) is 0 Å². The van der Waals surface area contributed by atoms with Gasteiger partial charge in [-0.15, -0.1) is 0 Å². The van der Waals surface area contributed by atoms with Gasteiger partial charge in [0.1, 0.15) is 36.6 Å². The normalized spacial score (nSPS) is 35.2. The third kappa shape index (κ3) is 14.5. The van der Waals surface area contributed by atoms with Gasteiger partial charge in [-0.25, -0.2) is 0 Å². The van der Waals surface area contributed by atoms with Crippen molar-refractivity contribution in [1.82, 2.24) is 0 Å². The number of ether oxygens (including phenoxy) is 6. The van der Waals surface area contributed by atoms with Crippen molar-refractivity contribution in [3.63, 3.8) is 0 Å². The highest BCUT2D eigenvalue weighted by atomic mass is 16.7. The number of hydrogen-bond donors (Lipinski definition) is 5. The molecule has 57 heavy (non-hydrogen) atoms. The molecule has 1 aliphatic carbocycles. The van der Waals surface area contributed by atoms with Crippen molar-refractivity contribution in [3.05, 3.63) is 41.8 Å². The zero-order valence-corrected chi connectivity index (χ0v) is 32.7.